The molecular weight excluding hydrogens is 246 g/mol. The molecule has 0 saturated heterocycles. The van der Waals surface area contributed by atoms with Crippen molar-refractivity contribution in [2.75, 3.05) is 7.05 Å². The Morgan fingerprint density at radius 2 is 2.37 bits per heavy atom. The van der Waals surface area contributed by atoms with E-state index in [0.29, 0.717) is 19.4 Å². The zero-order valence-corrected chi connectivity index (χ0v) is 11.2. The summed E-state index contributed by atoms with van der Waals surface area (Å²) in [7, 11) is 3.59. The molecule has 7 heteroatoms. The van der Waals surface area contributed by atoms with E-state index in [1.165, 1.54) is 0 Å². The summed E-state index contributed by atoms with van der Waals surface area (Å²) in [5, 5.41) is 11.9. The monoisotopic (exact) mass is 265 g/mol. The number of carbonyl (C=O) groups is 1. The van der Waals surface area contributed by atoms with Gasteiger partial charge in [0, 0.05) is 26.5 Å². The normalized spacial score (nSPS) is 17.9. The maximum atomic E-state index is 12.5. The van der Waals surface area contributed by atoms with Crippen LogP contribution < -0.4 is 5.73 Å². The Morgan fingerprint density at radius 1 is 1.68 bits per heavy atom. The predicted octanol–water partition coefficient (Wildman–Crippen LogP) is 0.295. The zero-order chi connectivity index (χ0) is 14.0. The van der Waals surface area contributed by atoms with Crippen molar-refractivity contribution < 1.29 is 10.0 Å². The molecule has 2 rings (SSSR count). The summed E-state index contributed by atoms with van der Waals surface area (Å²) in [5.41, 5.74) is 4.86. The number of imidazole rings is 1. The molecule has 19 heavy (non-hydrogen) atoms. The minimum atomic E-state index is -0.825. The van der Waals surface area contributed by atoms with Crippen molar-refractivity contribution in [1.82, 2.24) is 14.5 Å². The van der Waals surface area contributed by atoms with E-state index in [4.69, 9.17) is 10.9 Å². The third kappa shape index (κ3) is 2.16. The topological polar surface area (TPSA) is 96.7 Å². The Morgan fingerprint density at radius 3 is 2.79 bits per heavy atom. The summed E-state index contributed by atoms with van der Waals surface area (Å²) in [6.45, 7) is 0.406. The standard InChI is InChI=1S/C12H19N5O2/c1-16-7-6-14-9(16)8-17(2)11(18)12(4-3-5-12)10(13)15-19/h6-7,19H,3-5,8H2,1-2H3,(H2,13,15). The van der Waals surface area contributed by atoms with Gasteiger partial charge in [-0.15, -0.1) is 0 Å². The number of nitrogens with zero attached hydrogens (tertiary/aromatic N) is 4. The molecule has 3 N–H and O–H groups in total. The van der Waals surface area contributed by atoms with Gasteiger partial charge in [0.05, 0.1) is 6.54 Å². The van der Waals surface area contributed by atoms with E-state index < -0.39 is 5.41 Å². The van der Waals surface area contributed by atoms with Crippen molar-refractivity contribution in [1.29, 1.82) is 0 Å². The SMILES string of the molecule is CN(Cc1nccn1C)C(=O)C1(/C(N)=N/O)CCC1. The van der Waals surface area contributed by atoms with E-state index in [-0.39, 0.29) is 11.7 Å². The molecule has 104 valence electrons. The van der Waals surface area contributed by atoms with Gasteiger partial charge in [-0.2, -0.15) is 0 Å². The lowest BCUT2D eigenvalue weighted by Crippen LogP contribution is -2.54. The molecule has 7 nitrogen and oxygen atoms in total. The molecule has 0 spiro atoms. The fourth-order valence-corrected chi connectivity index (χ4v) is 2.40. The first-order valence-electron chi connectivity index (χ1n) is 6.21. The van der Waals surface area contributed by atoms with Crippen molar-refractivity contribution in [3.8, 4) is 0 Å². The van der Waals surface area contributed by atoms with Crippen LogP contribution in [0.5, 0.6) is 0 Å². The van der Waals surface area contributed by atoms with Gasteiger partial charge in [0.1, 0.15) is 11.2 Å². The van der Waals surface area contributed by atoms with E-state index >= 15 is 0 Å². The van der Waals surface area contributed by atoms with E-state index in [0.717, 1.165) is 12.2 Å². The van der Waals surface area contributed by atoms with Crippen LogP contribution in [0.2, 0.25) is 0 Å². The smallest absolute Gasteiger partial charge is 0.236 e. The van der Waals surface area contributed by atoms with Gasteiger partial charge in [-0.1, -0.05) is 11.6 Å². The van der Waals surface area contributed by atoms with Gasteiger partial charge in [-0.05, 0) is 12.8 Å². The van der Waals surface area contributed by atoms with Crippen LogP contribution in [-0.4, -0.2) is 38.4 Å². The summed E-state index contributed by atoms with van der Waals surface area (Å²) >= 11 is 0. The van der Waals surface area contributed by atoms with E-state index in [9.17, 15) is 4.79 Å². The molecule has 1 aromatic rings. The van der Waals surface area contributed by atoms with Crippen LogP contribution in [0.4, 0.5) is 0 Å². The molecule has 1 aliphatic carbocycles. The Kier molecular flexibility index (Phi) is 3.46. The summed E-state index contributed by atoms with van der Waals surface area (Å²) in [6, 6.07) is 0. The fourth-order valence-electron chi connectivity index (χ4n) is 2.40. The Hall–Kier alpha value is -2.05. The molecule has 1 fully saturated rings. The van der Waals surface area contributed by atoms with E-state index in [1.807, 2.05) is 17.8 Å². The number of rotatable bonds is 4. The maximum Gasteiger partial charge on any atom is 0.236 e. The Balaban J connectivity index is 2.13. The number of aryl methyl sites for hydroxylation is 1. The highest BCUT2D eigenvalue weighted by molar-refractivity contribution is 6.07. The van der Waals surface area contributed by atoms with E-state index in [2.05, 4.69) is 10.1 Å². The maximum absolute atomic E-state index is 12.5. The summed E-state index contributed by atoms with van der Waals surface area (Å²) in [6.07, 6.45) is 5.70. The van der Waals surface area contributed by atoms with Gasteiger partial charge in [0.2, 0.25) is 5.91 Å². The molecule has 1 amide bonds. The molecular formula is C12H19N5O2. The first-order valence-corrected chi connectivity index (χ1v) is 6.21. The number of amides is 1. The van der Waals surface area contributed by atoms with Crippen LogP contribution in [0, 0.1) is 5.41 Å². The molecule has 1 heterocycles. The average Bonchev–Trinajstić information content (AvgIpc) is 2.73. The Labute approximate surface area is 111 Å². The molecule has 0 bridgehead atoms. The lowest BCUT2D eigenvalue weighted by Gasteiger charge is -2.41. The lowest BCUT2D eigenvalue weighted by atomic mass is 9.67. The first kappa shape index (κ1) is 13.4. The highest BCUT2D eigenvalue weighted by Gasteiger charge is 2.49. The third-order valence-corrected chi connectivity index (χ3v) is 3.86. The number of nitrogens with two attached hydrogens (primary N) is 1. The average molecular weight is 265 g/mol. The highest BCUT2D eigenvalue weighted by atomic mass is 16.4. The predicted molar refractivity (Wildman–Crippen MR) is 69.4 cm³/mol. The zero-order valence-electron chi connectivity index (χ0n) is 11.2. The molecule has 0 radical (unpaired) electrons. The van der Waals surface area contributed by atoms with Crippen LogP contribution in [0.15, 0.2) is 17.5 Å². The molecule has 1 aliphatic rings. The minimum absolute atomic E-state index is 0.00967. The summed E-state index contributed by atoms with van der Waals surface area (Å²) in [4.78, 5) is 18.3. The molecule has 0 unspecified atom stereocenters. The van der Waals surface area contributed by atoms with Gasteiger partial charge in [-0.3, -0.25) is 4.79 Å². The second-order valence-electron chi connectivity index (χ2n) is 5.04. The minimum Gasteiger partial charge on any atom is -0.409 e. The second kappa shape index (κ2) is 4.91. The Bertz CT molecular complexity index is 504. The summed E-state index contributed by atoms with van der Waals surface area (Å²) < 4.78 is 1.86. The number of carbonyl (C=O) groups excluding carboxylic acids is 1. The van der Waals surface area contributed by atoms with Crippen molar-refractivity contribution in [3.63, 3.8) is 0 Å². The number of amidine groups is 1. The van der Waals surface area contributed by atoms with Crippen LogP contribution in [0.3, 0.4) is 0 Å². The van der Waals surface area contributed by atoms with Crippen molar-refractivity contribution in [2.24, 2.45) is 23.4 Å². The van der Waals surface area contributed by atoms with Crippen LogP contribution in [-0.2, 0) is 18.4 Å². The molecule has 1 aromatic heterocycles. The van der Waals surface area contributed by atoms with Gasteiger partial charge in [0.15, 0.2) is 5.84 Å². The number of hydrogen-bond acceptors (Lipinski definition) is 4. The summed E-state index contributed by atoms with van der Waals surface area (Å²) in [5.74, 6) is 0.692. The molecule has 0 aromatic carbocycles. The molecule has 0 aliphatic heterocycles. The van der Waals surface area contributed by atoms with Crippen LogP contribution in [0.1, 0.15) is 25.1 Å². The van der Waals surface area contributed by atoms with Crippen molar-refractivity contribution >= 4 is 11.7 Å². The fraction of sp³-hybridized carbons (Fsp3) is 0.583. The van der Waals surface area contributed by atoms with Crippen molar-refractivity contribution in [2.45, 2.75) is 25.8 Å². The van der Waals surface area contributed by atoms with Gasteiger partial charge < -0.3 is 20.4 Å². The molecule has 0 atom stereocenters. The van der Waals surface area contributed by atoms with Crippen molar-refractivity contribution in [3.05, 3.63) is 18.2 Å². The quantitative estimate of drug-likeness (QED) is 0.354. The largest absolute Gasteiger partial charge is 0.409 e. The number of hydrogen-bond donors (Lipinski definition) is 2. The van der Waals surface area contributed by atoms with Crippen LogP contribution in [0.25, 0.3) is 0 Å². The van der Waals surface area contributed by atoms with Gasteiger partial charge in [-0.25, -0.2) is 4.98 Å². The lowest BCUT2D eigenvalue weighted by molar-refractivity contribution is -0.141. The number of oxime groups is 1. The van der Waals surface area contributed by atoms with Gasteiger partial charge in [0.25, 0.3) is 0 Å². The molecule has 1 saturated carbocycles. The first-order chi connectivity index (χ1) is 9.01. The number of aromatic nitrogens is 2. The second-order valence-corrected chi connectivity index (χ2v) is 5.04. The highest BCUT2D eigenvalue weighted by Crippen LogP contribution is 2.42. The van der Waals surface area contributed by atoms with Gasteiger partial charge >= 0.3 is 0 Å². The van der Waals surface area contributed by atoms with Crippen LogP contribution >= 0.6 is 0 Å². The third-order valence-electron chi connectivity index (χ3n) is 3.86. The van der Waals surface area contributed by atoms with E-state index in [1.54, 1.807) is 18.1 Å².